The van der Waals surface area contributed by atoms with Gasteiger partial charge < -0.3 is 14.2 Å². The van der Waals surface area contributed by atoms with Gasteiger partial charge in [-0.2, -0.15) is 0 Å². The van der Waals surface area contributed by atoms with Gasteiger partial charge in [-0.3, -0.25) is 4.79 Å². The fourth-order valence-corrected chi connectivity index (χ4v) is 6.81. The SMILES string of the molecule is C=C(C)C(=O)OC12CC3CC(C1)CC(C(=O)OCC1CCC4OC4C1)(C3)C2. The Kier molecular flexibility index (Phi) is 3.98. The zero-order valence-corrected chi connectivity index (χ0v) is 16.2. The van der Waals surface area contributed by atoms with Crippen molar-refractivity contribution in [2.24, 2.45) is 23.2 Å². The van der Waals surface area contributed by atoms with Crippen LogP contribution in [0.3, 0.4) is 0 Å². The molecule has 0 N–H and O–H groups in total. The third-order valence-electron chi connectivity index (χ3n) is 7.66. The lowest BCUT2D eigenvalue weighted by Crippen LogP contribution is -2.60. The Morgan fingerprint density at radius 1 is 1.07 bits per heavy atom. The second-order valence-electron chi connectivity index (χ2n) is 10.1. The Morgan fingerprint density at radius 2 is 1.81 bits per heavy atom. The highest BCUT2D eigenvalue weighted by Crippen LogP contribution is 2.63. The number of hydrogen-bond donors (Lipinski definition) is 0. The van der Waals surface area contributed by atoms with Gasteiger partial charge in [0.2, 0.25) is 0 Å². The first kappa shape index (κ1) is 17.7. The van der Waals surface area contributed by atoms with Crippen LogP contribution in [0.25, 0.3) is 0 Å². The Morgan fingerprint density at radius 3 is 2.48 bits per heavy atom. The van der Waals surface area contributed by atoms with E-state index in [0.29, 0.717) is 48.6 Å². The third kappa shape index (κ3) is 3.12. The topological polar surface area (TPSA) is 65.1 Å². The number of fused-ring (bicyclic) bond motifs is 1. The fraction of sp³-hybridized carbons (Fsp3) is 0.818. The molecule has 5 unspecified atom stereocenters. The summed E-state index contributed by atoms with van der Waals surface area (Å²) in [6, 6.07) is 0. The van der Waals surface area contributed by atoms with Crippen LogP contribution >= 0.6 is 0 Å². The molecular formula is C22H30O5. The molecule has 5 saturated carbocycles. The van der Waals surface area contributed by atoms with Crippen molar-refractivity contribution in [1.29, 1.82) is 0 Å². The predicted octanol–water partition coefficient (Wildman–Crippen LogP) is 3.56. The number of ether oxygens (including phenoxy) is 3. The van der Waals surface area contributed by atoms with E-state index in [1.165, 1.54) is 0 Å². The van der Waals surface area contributed by atoms with Crippen LogP contribution in [0.1, 0.15) is 64.7 Å². The van der Waals surface area contributed by atoms with Gasteiger partial charge in [0.25, 0.3) is 0 Å². The van der Waals surface area contributed by atoms with Crippen LogP contribution in [0, 0.1) is 23.2 Å². The number of rotatable bonds is 5. The summed E-state index contributed by atoms with van der Waals surface area (Å²) in [7, 11) is 0. The molecule has 27 heavy (non-hydrogen) atoms. The standard InChI is InChI=1S/C22H30O5/c1-13(2)19(23)27-22-9-15-5-16(10-22)8-21(7-15,12-22)20(24)25-11-14-3-4-17-18(6-14)26-17/h14-18H,1,3-12H2,2H3. The minimum Gasteiger partial charge on any atom is -0.465 e. The summed E-state index contributed by atoms with van der Waals surface area (Å²) in [5, 5.41) is 0. The maximum absolute atomic E-state index is 13.2. The van der Waals surface area contributed by atoms with Gasteiger partial charge >= 0.3 is 11.9 Å². The normalized spacial score (nSPS) is 46.5. The van der Waals surface area contributed by atoms with Crippen molar-refractivity contribution in [2.45, 2.75) is 82.5 Å². The van der Waals surface area contributed by atoms with Crippen LogP contribution in [0.15, 0.2) is 12.2 Å². The Balaban J connectivity index is 1.27. The van der Waals surface area contributed by atoms with E-state index in [4.69, 9.17) is 14.2 Å². The van der Waals surface area contributed by atoms with Crippen molar-refractivity contribution in [3.63, 3.8) is 0 Å². The van der Waals surface area contributed by atoms with Crippen LogP contribution < -0.4 is 0 Å². The first-order valence-electron chi connectivity index (χ1n) is 10.6. The van der Waals surface area contributed by atoms with E-state index in [2.05, 4.69) is 6.58 Å². The molecule has 0 spiro atoms. The lowest BCUT2D eigenvalue weighted by molar-refractivity contribution is -0.211. The second-order valence-corrected chi connectivity index (χ2v) is 10.1. The summed E-state index contributed by atoms with van der Waals surface area (Å²) in [5.74, 6) is 0.994. The average molecular weight is 374 g/mol. The van der Waals surface area contributed by atoms with Gasteiger partial charge in [0.15, 0.2) is 0 Å². The van der Waals surface area contributed by atoms with Gasteiger partial charge in [-0.1, -0.05) is 6.58 Å². The number of hydrogen-bond acceptors (Lipinski definition) is 5. The number of carbonyl (C=O) groups is 2. The van der Waals surface area contributed by atoms with Crippen LogP contribution in [0.5, 0.6) is 0 Å². The molecule has 0 aromatic rings. The second kappa shape index (κ2) is 6.07. The molecule has 6 rings (SSSR count). The number of epoxide rings is 1. The van der Waals surface area contributed by atoms with Crippen molar-refractivity contribution >= 4 is 11.9 Å². The highest BCUT2D eigenvalue weighted by molar-refractivity contribution is 5.87. The molecule has 1 saturated heterocycles. The van der Waals surface area contributed by atoms with Crippen molar-refractivity contribution < 1.29 is 23.8 Å². The van der Waals surface area contributed by atoms with Gasteiger partial charge in [-0.25, -0.2) is 4.79 Å². The molecule has 6 fully saturated rings. The van der Waals surface area contributed by atoms with Crippen molar-refractivity contribution in [3.05, 3.63) is 12.2 Å². The van der Waals surface area contributed by atoms with Crippen LogP contribution in [-0.4, -0.2) is 36.4 Å². The van der Waals surface area contributed by atoms with Crippen molar-refractivity contribution in [2.75, 3.05) is 6.61 Å². The van der Waals surface area contributed by atoms with Gasteiger partial charge in [0.05, 0.1) is 24.2 Å². The summed E-state index contributed by atoms with van der Waals surface area (Å²) in [6.07, 6.45) is 9.45. The lowest BCUT2D eigenvalue weighted by Gasteiger charge is -2.59. The molecule has 0 aromatic heterocycles. The Labute approximate surface area is 160 Å². The number of carbonyl (C=O) groups excluding carboxylic acids is 2. The van der Waals surface area contributed by atoms with E-state index in [-0.39, 0.29) is 11.9 Å². The molecule has 0 amide bonds. The van der Waals surface area contributed by atoms with E-state index in [9.17, 15) is 9.59 Å². The molecule has 5 heteroatoms. The molecule has 5 aliphatic carbocycles. The largest absolute Gasteiger partial charge is 0.465 e. The summed E-state index contributed by atoms with van der Waals surface area (Å²) in [4.78, 5) is 25.4. The molecule has 1 heterocycles. The van der Waals surface area contributed by atoms with Crippen LogP contribution in [-0.2, 0) is 23.8 Å². The molecule has 148 valence electrons. The fourth-order valence-electron chi connectivity index (χ4n) is 6.81. The summed E-state index contributed by atoms with van der Waals surface area (Å²) >= 11 is 0. The summed E-state index contributed by atoms with van der Waals surface area (Å²) < 4.78 is 17.4. The van der Waals surface area contributed by atoms with E-state index in [0.717, 1.165) is 51.4 Å². The lowest BCUT2D eigenvalue weighted by atomic mass is 9.48. The highest BCUT2D eigenvalue weighted by Gasteiger charge is 2.63. The summed E-state index contributed by atoms with van der Waals surface area (Å²) in [5.41, 5.74) is -0.508. The molecular weight excluding hydrogens is 344 g/mol. The number of esters is 2. The first-order chi connectivity index (χ1) is 12.9. The Hall–Kier alpha value is -1.36. The van der Waals surface area contributed by atoms with Gasteiger partial charge in [0, 0.05) is 12.0 Å². The molecule has 5 atom stereocenters. The first-order valence-corrected chi connectivity index (χ1v) is 10.6. The van der Waals surface area contributed by atoms with E-state index in [1.807, 2.05) is 0 Å². The van der Waals surface area contributed by atoms with Crippen LogP contribution in [0.4, 0.5) is 0 Å². The minimum atomic E-state index is -0.487. The Bertz CT molecular complexity index is 668. The molecule has 6 aliphatic rings. The zero-order valence-electron chi connectivity index (χ0n) is 16.2. The monoisotopic (exact) mass is 374 g/mol. The molecule has 1 aliphatic heterocycles. The molecule has 5 nitrogen and oxygen atoms in total. The smallest absolute Gasteiger partial charge is 0.333 e. The van der Waals surface area contributed by atoms with Crippen molar-refractivity contribution in [1.82, 2.24) is 0 Å². The third-order valence-corrected chi connectivity index (χ3v) is 7.66. The minimum absolute atomic E-state index is 0.0498. The molecule has 4 bridgehead atoms. The maximum atomic E-state index is 13.2. The van der Waals surface area contributed by atoms with E-state index >= 15 is 0 Å². The summed E-state index contributed by atoms with van der Waals surface area (Å²) in [6.45, 7) is 5.92. The van der Waals surface area contributed by atoms with Crippen LogP contribution in [0.2, 0.25) is 0 Å². The van der Waals surface area contributed by atoms with Gasteiger partial charge in [-0.05, 0) is 76.0 Å². The highest BCUT2D eigenvalue weighted by atomic mass is 16.6. The predicted molar refractivity (Wildman–Crippen MR) is 97.7 cm³/mol. The zero-order chi connectivity index (χ0) is 18.8. The average Bonchev–Trinajstić information content (AvgIpc) is 3.36. The molecule has 0 radical (unpaired) electrons. The van der Waals surface area contributed by atoms with E-state index < -0.39 is 11.0 Å². The molecule has 0 aromatic carbocycles. The quantitative estimate of drug-likeness (QED) is 0.418. The van der Waals surface area contributed by atoms with E-state index in [1.54, 1.807) is 6.92 Å². The maximum Gasteiger partial charge on any atom is 0.333 e. The van der Waals surface area contributed by atoms with Crippen molar-refractivity contribution in [3.8, 4) is 0 Å². The van der Waals surface area contributed by atoms with Gasteiger partial charge in [-0.15, -0.1) is 0 Å². The van der Waals surface area contributed by atoms with Gasteiger partial charge in [0.1, 0.15) is 5.60 Å².